The lowest BCUT2D eigenvalue weighted by atomic mass is 10.3. The van der Waals surface area contributed by atoms with Crippen molar-refractivity contribution in [3.05, 3.63) is 24.4 Å². The Kier molecular flexibility index (Phi) is 6.01. The van der Waals surface area contributed by atoms with Crippen molar-refractivity contribution in [2.45, 2.75) is 6.42 Å². The number of nitrogens with zero attached hydrogens (tertiary/aromatic N) is 2. The van der Waals surface area contributed by atoms with E-state index >= 15 is 0 Å². The topological polar surface area (TPSA) is 41.9 Å². The Morgan fingerprint density at radius 1 is 1.35 bits per heavy atom. The molecule has 2 heterocycles. The smallest absolute Gasteiger partial charge is 0.274 e. The standard InChI is InChI=1S/C14H22N4OS/c1-19-12-4-7-16-14(20)18-10-8-17(9-11-18)13-5-2-3-6-15-13/h2-3,5-6H,4,7-12H2,1H3,(H,16,20)/p+1. The third kappa shape index (κ3) is 4.31. The molecule has 110 valence electrons. The second-order valence-electron chi connectivity index (χ2n) is 4.80. The van der Waals surface area contributed by atoms with E-state index in [1.807, 2.05) is 12.3 Å². The Morgan fingerprint density at radius 2 is 2.15 bits per heavy atom. The summed E-state index contributed by atoms with van der Waals surface area (Å²) in [7, 11) is 1.72. The van der Waals surface area contributed by atoms with Crippen molar-refractivity contribution in [3.63, 3.8) is 0 Å². The Balaban J connectivity index is 1.72. The predicted molar refractivity (Wildman–Crippen MR) is 83.9 cm³/mol. The molecule has 1 aliphatic rings. The molecule has 0 spiro atoms. The molecule has 0 radical (unpaired) electrons. The highest BCUT2D eigenvalue weighted by Gasteiger charge is 2.24. The number of thiocarbonyl (C=S) groups is 1. The minimum Gasteiger partial charge on any atom is -0.385 e. The van der Waals surface area contributed by atoms with Crippen LogP contribution >= 0.6 is 12.2 Å². The minimum atomic E-state index is 0.771. The van der Waals surface area contributed by atoms with Gasteiger partial charge in [-0.1, -0.05) is 6.07 Å². The van der Waals surface area contributed by atoms with Gasteiger partial charge in [0.1, 0.15) is 13.1 Å². The number of aromatic amines is 1. The molecule has 0 saturated carbocycles. The number of hydrogen-bond donors (Lipinski definition) is 1. The zero-order valence-electron chi connectivity index (χ0n) is 12.0. The molecule has 1 aromatic rings. The SMILES string of the molecule is COCCCNC(=S)N1CCN(c2cccc[nH+]2)CC1. The van der Waals surface area contributed by atoms with Crippen LogP contribution in [-0.4, -0.2) is 56.5 Å². The number of aromatic nitrogens is 1. The van der Waals surface area contributed by atoms with E-state index in [9.17, 15) is 0 Å². The number of pyridine rings is 1. The molecule has 2 N–H and O–H groups in total. The van der Waals surface area contributed by atoms with Crippen LogP contribution < -0.4 is 15.2 Å². The maximum atomic E-state index is 5.43. The van der Waals surface area contributed by atoms with Gasteiger partial charge in [0.05, 0.1) is 19.3 Å². The van der Waals surface area contributed by atoms with Crippen molar-refractivity contribution in [3.8, 4) is 0 Å². The van der Waals surface area contributed by atoms with E-state index in [4.69, 9.17) is 17.0 Å². The van der Waals surface area contributed by atoms with Crippen LogP contribution in [0.25, 0.3) is 0 Å². The molecule has 1 aromatic heterocycles. The molecule has 0 amide bonds. The highest BCUT2D eigenvalue weighted by molar-refractivity contribution is 7.80. The molecule has 5 nitrogen and oxygen atoms in total. The van der Waals surface area contributed by atoms with Gasteiger partial charge in [-0.3, -0.25) is 4.90 Å². The molecule has 0 atom stereocenters. The average Bonchev–Trinajstić information content (AvgIpc) is 2.52. The summed E-state index contributed by atoms with van der Waals surface area (Å²) in [5.74, 6) is 1.17. The maximum Gasteiger partial charge on any atom is 0.274 e. The van der Waals surface area contributed by atoms with E-state index in [1.54, 1.807) is 7.11 Å². The molecular weight excluding hydrogens is 272 g/mol. The maximum absolute atomic E-state index is 5.43. The van der Waals surface area contributed by atoms with Crippen LogP contribution in [0.3, 0.4) is 0 Å². The monoisotopic (exact) mass is 295 g/mol. The molecule has 0 unspecified atom stereocenters. The van der Waals surface area contributed by atoms with Crippen molar-refractivity contribution in [1.29, 1.82) is 0 Å². The van der Waals surface area contributed by atoms with Gasteiger partial charge < -0.3 is 15.0 Å². The summed E-state index contributed by atoms with van der Waals surface area (Å²) in [5.41, 5.74) is 0. The molecule has 1 aliphatic heterocycles. The molecule has 0 aliphatic carbocycles. The van der Waals surface area contributed by atoms with Crippen LogP contribution in [-0.2, 0) is 4.74 Å². The predicted octanol–water partition coefficient (Wildman–Crippen LogP) is 0.534. The van der Waals surface area contributed by atoms with Crippen molar-refractivity contribution in [1.82, 2.24) is 10.2 Å². The number of rotatable bonds is 5. The summed E-state index contributed by atoms with van der Waals surface area (Å²) >= 11 is 5.43. The quantitative estimate of drug-likeness (QED) is 0.634. The molecule has 2 rings (SSSR count). The summed E-state index contributed by atoms with van der Waals surface area (Å²) in [6.45, 7) is 5.53. The van der Waals surface area contributed by atoms with E-state index in [1.165, 1.54) is 5.82 Å². The number of methoxy groups -OCH3 is 1. The zero-order chi connectivity index (χ0) is 14.2. The van der Waals surface area contributed by atoms with Gasteiger partial charge in [0.25, 0.3) is 5.82 Å². The molecular formula is C14H23N4OS+. The lowest BCUT2D eigenvalue weighted by molar-refractivity contribution is -0.364. The zero-order valence-corrected chi connectivity index (χ0v) is 12.8. The van der Waals surface area contributed by atoms with E-state index in [0.29, 0.717) is 0 Å². The van der Waals surface area contributed by atoms with Crippen molar-refractivity contribution in [2.75, 3.05) is 51.3 Å². The first kappa shape index (κ1) is 15.0. The number of anilines is 1. The lowest BCUT2D eigenvalue weighted by Crippen LogP contribution is -2.52. The van der Waals surface area contributed by atoms with E-state index < -0.39 is 0 Å². The third-order valence-electron chi connectivity index (χ3n) is 3.40. The van der Waals surface area contributed by atoms with Gasteiger partial charge in [-0.05, 0) is 24.7 Å². The van der Waals surface area contributed by atoms with Crippen LogP contribution in [0.15, 0.2) is 24.4 Å². The normalized spacial score (nSPS) is 15.2. The van der Waals surface area contributed by atoms with Crippen molar-refractivity contribution < 1.29 is 9.72 Å². The van der Waals surface area contributed by atoms with Gasteiger partial charge in [-0.25, -0.2) is 4.98 Å². The lowest BCUT2D eigenvalue weighted by Gasteiger charge is -2.32. The second kappa shape index (κ2) is 8.01. The van der Waals surface area contributed by atoms with Gasteiger partial charge in [-0.15, -0.1) is 0 Å². The fourth-order valence-corrected chi connectivity index (χ4v) is 2.54. The number of hydrogen-bond acceptors (Lipinski definition) is 3. The van der Waals surface area contributed by atoms with E-state index in [2.05, 4.69) is 32.2 Å². The van der Waals surface area contributed by atoms with Crippen molar-refractivity contribution >= 4 is 23.1 Å². The van der Waals surface area contributed by atoms with Crippen molar-refractivity contribution in [2.24, 2.45) is 0 Å². The first-order valence-electron chi connectivity index (χ1n) is 7.04. The highest BCUT2D eigenvalue weighted by atomic mass is 32.1. The number of piperazine rings is 1. The minimum absolute atomic E-state index is 0.771. The Hall–Kier alpha value is -1.40. The summed E-state index contributed by atoms with van der Waals surface area (Å²) in [4.78, 5) is 7.86. The molecule has 1 saturated heterocycles. The van der Waals surface area contributed by atoms with Gasteiger partial charge >= 0.3 is 0 Å². The molecule has 1 fully saturated rings. The average molecular weight is 295 g/mol. The molecule has 0 aromatic carbocycles. The molecule has 6 heteroatoms. The van der Waals surface area contributed by atoms with Gasteiger partial charge in [0, 0.05) is 26.3 Å². The summed E-state index contributed by atoms with van der Waals surface area (Å²) in [5, 5.41) is 4.15. The van der Waals surface area contributed by atoms with E-state index in [-0.39, 0.29) is 0 Å². The first-order chi connectivity index (χ1) is 9.81. The summed E-state index contributed by atoms with van der Waals surface area (Å²) < 4.78 is 5.03. The molecule has 20 heavy (non-hydrogen) atoms. The highest BCUT2D eigenvalue weighted by Crippen LogP contribution is 2.09. The van der Waals surface area contributed by atoms with E-state index in [0.717, 1.165) is 50.9 Å². The third-order valence-corrected chi connectivity index (χ3v) is 3.80. The van der Waals surface area contributed by atoms with Crippen LogP contribution in [0.5, 0.6) is 0 Å². The van der Waals surface area contributed by atoms with Gasteiger partial charge in [-0.2, -0.15) is 0 Å². The molecule has 0 bridgehead atoms. The van der Waals surface area contributed by atoms with Crippen LogP contribution in [0.2, 0.25) is 0 Å². The number of ether oxygens (including phenoxy) is 1. The van der Waals surface area contributed by atoms with Crippen LogP contribution in [0, 0.1) is 0 Å². The Morgan fingerprint density at radius 3 is 2.80 bits per heavy atom. The van der Waals surface area contributed by atoms with Gasteiger partial charge in [0.2, 0.25) is 0 Å². The summed E-state index contributed by atoms with van der Waals surface area (Å²) in [6, 6.07) is 6.16. The van der Waals surface area contributed by atoms with Crippen LogP contribution in [0.4, 0.5) is 5.82 Å². The first-order valence-corrected chi connectivity index (χ1v) is 7.45. The number of nitrogens with one attached hydrogen (secondary N) is 2. The fourth-order valence-electron chi connectivity index (χ4n) is 2.25. The Bertz CT molecular complexity index is 407. The van der Waals surface area contributed by atoms with Crippen LogP contribution in [0.1, 0.15) is 6.42 Å². The largest absolute Gasteiger partial charge is 0.385 e. The van der Waals surface area contributed by atoms with Gasteiger partial charge in [0.15, 0.2) is 5.11 Å². The summed E-state index contributed by atoms with van der Waals surface area (Å²) in [6.07, 6.45) is 2.94. The number of H-pyrrole nitrogens is 1. The Labute approximate surface area is 125 Å². The second-order valence-corrected chi connectivity index (χ2v) is 5.19. The fraction of sp³-hybridized carbons (Fsp3) is 0.571.